The van der Waals surface area contributed by atoms with Crippen molar-refractivity contribution < 1.29 is 4.79 Å². The first-order chi connectivity index (χ1) is 7.62. The smallest absolute Gasteiger partial charge is 0.253 e. The molecule has 0 fully saturated rings. The van der Waals surface area contributed by atoms with Crippen LogP contribution in [-0.2, 0) is 0 Å². The third-order valence-corrected chi connectivity index (χ3v) is 2.19. The van der Waals surface area contributed by atoms with Crippen LogP contribution in [0.15, 0.2) is 12.1 Å². The van der Waals surface area contributed by atoms with E-state index in [1.807, 2.05) is 6.92 Å². The summed E-state index contributed by atoms with van der Waals surface area (Å²) >= 11 is 0. The van der Waals surface area contributed by atoms with Crippen LogP contribution in [0.25, 0.3) is 0 Å². The molecule has 0 aliphatic heterocycles. The van der Waals surface area contributed by atoms with E-state index >= 15 is 0 Å². The minimum atomic E-state index is -0.113. The largest absolute Gasteiger partial charge is 0.342 e. The highest BCUT2D eigenvalue weighted by Crippen LogP contribution is 2.07. The summed E-state index contributed by atoms with van der Waals surface area (Å²) in [5.41, 5.74) is 1.23. The number of aromatic nitrogens is 1. The lowest BCUT2D eigenvalue weighted by atomic mass is 10.1. The Bertz CT molecular complexity index is 459. The maximum absolute atomic E-state index is 11.9. The van der Waals surface area contributed by atoms with Gasteiger partial charge in [-0.25, -0.2) is 4.98 Å². The van der Waals surface area contributed by atoms with Crippen molar-refractivity contribution in [3.63, 3.8) is 0 Å². The predicted octanol–water partition coefficient (Wildman–Crippen LogP) is 1.14. The fraction of sp³-hybridized carbons (Fsp3) is 0.231. The second-order valence-corrected chi connectivity index (χ2v) is 3.23. The van der Waals surface area contributed by atoms with Gasteiger partial charge >= 0.3 is 0 Å². The fourth-order valence-electron chi connectivity index (χ4n) is 1.17. The third kappa shape index (κ3) is 2.40. The molecule has 0 unspecified atom stereocenters. The summed E-state index contributed by atoms with van der Waals surface area (Å²) in [5, 5.41) is 0. The van der Waals surface area contributed by atoms with Crippen molar-refractivity contribution in [2.45, 2.75) is 6.92 Å². The van der Waals surface area contributed by atoms with Gasteiger partial charge in [-0.2, -0.15) is 0 Å². The maximum Gasteiger partial charge on any atom is 0.253 e. The first-order valence-electron chi connectivity index (χ1n) is 4.83. The molecular formula is C13H12N2O. The Kier molecular flexibility index (Phi) is 3.69. The standard InChI is InChI=1S/C13H12N2O/c1-5-11-8-10(9-12(6-2)14-11)13(16)15(4)7-3/h1-2,8-9H,7H2,3-4H3. The van der Waals surface area contributed by atoms with E-state index in [0.717, 1.165) is 0 Å². The molecule has 0 aliphatic carbocycles. The topological polar surface area (TPSA) is 33.2 Å². The quantitative estimate of drug-likeness (QED) is 0.689. The van der Waals surface area contributed by atoms with Gasteiger partial charge in [0.25, 0.3) is 5.91 Å². The van der Waals surface area contributed by atoms with E-state index < -0.39 is 0 Å². The lowest BCUT2D eigenvalue weighted by Gasteiger charge is -2.14. The SMILES string of the molecule is C#Cc1cc(C(=O)N(C)CC)cc(C#C)n1. The van der Waals surface area contributed by atoms with Crippen molar-refractivity contribution >= 4 is 5.91 Å². The number of amides is 1. The van der Waals surface area contributed by atoms with Crippen LogP contribution in [0.2, 0.25) is 0 Å². The molecule has 0 atom stereocenters. The molecular weight excluding hydrogens is 200 g/mol. The van der Waals surface area contributed by atoms with Gasteiger partial charge in [-0.15, -0.1) is 12.8 Å². The van der Waals surface area contributed by atoms with Crippen LogP contribution in [0, 0.1) is 24.7 Å². The summed E-state index contributed by atoms with van der Waals surface area (Å²) in [7, 11) is 1.72. The van der Waals surface area contributed by atoms with Gasteiger partial charge in [0, 0.05) is 19.2 Å². The van der Waals surface area contributed by atoms with E-state index in [4.69, 9.17) is 12.8 Å². The second kappa shape index (κ2) is 5.00. The van der Waals surface area contributed by atoms with Crippen molar-refractivity contribution in [3.05, 3.63) is 29.1 Å². The van der Waals surface area contributed by atoms with Crippen LogP contribution >= 0.6 is 0 Å². The summed E-state index contributed by atoms with van der Waals surface area (Å²) in [4.78, 5) is 17.4. The van der Waals surface area contributed by atoms with Crippen molar-refractivity contribution in [2.75, 3.05) is 13.6 Å². The molecule has 0 bridgehead atoms. The molecule has 1 amide bonds. The summed E-state index contributed by atoms with van der Waals surface area (Å²) in [6.45, 7) is 2.52. The molecule has 1 rings (SSSR count). The minimum absolute atomic E-state index is 0.113. The molecule has 0 saturated carbocycles. The number of carbonyl (C=O) groups is 1. The van der Waals surface area contributed by atoms with Gasteiger partial charge < -0.3 is 4.90 Å². The summed E-state index contributed by atoms with van der Waals surface area (Å²) in [6.07, 6.45) is 10.5. The maximum atomic E-state index is 11.9. The molecule has 16 heavy (non-hydrogen) atoms. The van der Waals surface area contributed by atoms with Crippen molar-refractivity contribution in [3.8, 4) is 24.7 Å². The number of rotatable bonds is 2. The highest BCUT2D eigenvalue weighted by atomic mass is 16.2. The van der Waals surface area contributed by atoms with Crippen molar-refractivity contribution in [2.24, 2.45) is 0 Å². The number of hydrogen-bond donors (Lipinski definition) is 0. The molecule has 0 spiro atoms. The van der Waals surface area contributed by atoms with E-state index in [-0.39, 0.29) is 5.91 Å². The highest BCUT2D eigenvalue weighted by molar-refractivity contribution is 5.94. The Hall–Kier alpha value is -2.26. The predicted molar refractivity (Wildman–Crippen MR) is 62.7 cm³/mol. The number of terminal acetylenes is 2. The lowest BCUT2D eigenvalue weighted by Crippen LogP contribution is -2.26. The molecule has 1 aromatic rings. The summed E-state index contributed by atoms with van der Waals surface area (Å²) in [5.74, 6) is 4.64. The van der Waals surface area contributed by atoms with Crippen LogP contribution in [0.4, 0.5) is 0 Å². The van der Waals surface area contributed by atoms with Gasteiger partial charge in [0.2, 0.25) is 0 Å². The molecule has 0 aliphatic rings. The molecule has 3 nitrogen and oxygen atoms in total. The molecule has 0 aromatic carbocycles. The van der Waals surface area contributed by atoms with Crippen molar-refractivity contribution in [1.29, 1.82) is 0 Å². The van der Waals surface area contributed by atoms with Gasteiger partial charge in [0.05, 0.1) is 0 Å². The van der Waals surface area contributed by atoms with Gasteiger partial charge in [-0.1, -0.05) is 11.8 Å². The molecule has 0 saturated heterocycles. The van der Waals surface area contributed by atoms with Gasteiger partial charge in [-0.3, -0.25) is 4.79 Å². The zero-order valence-electron chi connectivity index (χ0n) is 9.32. The zero-order chi connectivity index (χ0) is 12.1. The highest BCUT2D eigenvalue weighted by Gasteiger charge is 2.11. The monoisotopic (exact) mass is 212 g/mol. The Labute approximate surface area is 95.5 Å². The Morgan fingerprint density at radius 1 is 1.38 bits per heavy atom. The minimum Gasteiger partial charge on any atom is -0.342 e. The third-order valence-electron chi connectivity index (χ3n) is 2.19. The van der Waals surface area contributed by atoms with Crippen LogP contribution in [0.5, 0.6) is 0 Å². The Morgan fingerprint density at radius 2 is 1.88 bits per heavy atom. The van der Waals surface area contributed by atoms with E-state index in [2.05, 4.69) is 16.8 Å². The van der Waals surface area contributed by atoms with E-state index in [0.29, 0.717) is 23.5 Å². The first-order valence-corrected chi connectivity index (χ1v) is 4.83. The fourth-order valence-corrected chi connectivity index (χ4v) is 1.17. The number of nitrogens with zero attached hydrogens (tertiary/aromatic N) is 2. The molecule has 3 heteroatoms. The van der Waals surface area contributed by atoms with Crippen LogP contribution in [0.3, 0.4) is 0 Å². The van der Waals surface area contributed by atoms with E-state index in [1.54, 1.807) is 24.1 Å². The number of carbonyl (C=O) groups excluding carboxylic acids is 1. The van der Waals surface area contributed by atoms with Crippen LogP contribution in [-0.4, -0.2) is 29.4 Å². The van der Waals surface area contributed by atoms with Gasteiger partial charge in [0.15, 0.2) is 0 Å². The lowest BCUT2D eigenvalue weighted by molar-refractivity contribution is 0.0802. The average molecular weight is 212 g/mol. The zero-order valence-corrected chi connectivity index (χ0v) is 9.32. The van der Waals surface area contributed by atoms with Crippen LogP contribution in [0.1, 0.15) is 28.7 Å². The molecule has 80 valence electrons. The second-order valence-electron chi connectivity index (χ2n) is 3.23. The summed E-state index contributed by atoms with van der Waals surface area (Å²) in [6, 6.07) is 3.13. The number of pyridine rings is 1. The summed E-state index contributed by atoms with van der Waals surface area (Å²) < 4.78 is 0. The van der Waals surface area contributed by atoms with Gasteiger partial charge in [0.1, 0.15) is 11.4 Å². The molecule has 0 N–H and O–H groups in total. The van der Waals surface area contributed by atoms with Crippen LogP contribution < -0.4 is 0 Å². The van der Waals surface area contributed by atoms with E-state index in [1.165, 1.54) is 0 Å². The first kappa shape index (κ1) is 11.8. The van der Waals surface area contributed by atoms with Gasteiger partial charge in [-0.05, 0) is 19.1 Å². The molecule has 1 heterocycles. The Morgan fingerprint density at radius 3 is 2.25 bits per heavy atom. The number of hydrogen-bond acceptors (Lipinski definition) is 2. The average Bonchev–Trinajstić information content (AvgIpc) is 2.35. The van der Waals surface area contributed by atoms with Crippen molar-refractivity contribution in [1.82, 2.24) is 9.88 Å². The normalized spacial score (nSPS) is 9.00. The molecule has 0 radical (unpaired) electrons. The van der Waals surface area contributed by atoms with E-state index in [9.17, 15) is 4.79 Å². The Balaban J connectivity index is 3.20. The molecule has 1 aromatic heterocycles.